The van der Waals surface area contributed by atoms with Crippen molar-refractivity contribution < 1.29 is 27.5 Å². The number of carbonyl (C=O) groups excluding carboxylic acids is 2. The first-order valence-electron chi connectivity index (χ1n) is 7.01. The van der Waals surface area contributed by atoms with Crippen molar-refractivity contribution in [1.29, 1.82) is 0 Å². The van der Waals surface area contributed by atoms with Crippen LogP contribution in [0.2, 0.25) is 0 Å². The fraction of sp³-hybridized carbons (Fsp3) is 0.733. The van der Waals surface area contributed by atoms with Crippen molar-refractivity contribution in [2.75, 3.05) is 0 Å². The Morgan fingerprint density at radius 2 is 1.73 bits per heavy atom. The Labute approximate surface area is 129 Å². The highest BCUT2D eigenvalue weighted by Gasteiger charge is 2.43. The van der Waals surface area contributed by atoms with E-state index >= 15 is 0 Å². The van der Waals surface area contributed by atoms with Crippen LogP contribution in [0.4, 0.5) is 13.2 Å². The maximum atomic E-state index is 12.5. The molecule has 1 N–H and O–H groups in total. The lowest BCUT2D eigenvalue weighted by Crippen LogP contribution is -2.52. The first-order valence-corrected chi connectivity index (χ1v) is 7.01. The van der Waals surface area contributed by atoms with E-state index in [2.05, 4.69) is 6.58 Å². The molecule has 7 heteroatoms. The van der Waals surface area contributed by atoms with Gasteiger partial charge in [0.05, 0.1) is 0 Å². The average Bonchev–Trinajstić information content (AvgIpc) is 2.29. The third-order valence-corrected chi connectivity index (χ3v) is 2.68. The number of hydrogen-bond donors (Lipinski definition) is 1. The molecule has 0 saturated carbocycles. The zero-order chi connectivity index (χ0) is 17.7. The predicted octanol–water partition coefficient (Wildman–Crippen LogP) is 3.22. The van der Waals surface area contributed by atoms with Gasteiger partial charge in [0.15, 0.2) is 0 Å². The molecule has 0 aliphatic carbocycles. The van der Waals surface area contributed by atoms with Gasteiger partial charge in [-0.15, -0.1) is 6.58 Å². The summed E-state index contributed by atoms with van der Waals surface area (Å²) in [6, 6.07) is -1.42. The molecule has 0 heterocycles. The topological polar surface area (TPSA) is 55.4 Å². The summed E-state index contributed by atoms with van der Waals surface area (Å²) in [6.45, 7) is 12.0. The highest BCUT2D eigenvalue weighted by Crippen LogP contribution is 2.22. The molecular formula is C15H24F3NO3. The van der Waals surface area contributed by atoms with Crippen molar-refractivity contribution in [3.63, 3.8) is 0 Å². The molecule has 0 fully saturated rings. The van der Waals surface area contributed by atoms with Gasteiger partial charge in [0.1, 0.15) is 11.6 Å². The van der Waals surface area contributed by atoms with Crippen LogP contribution in [0.3, 0.4) is 0 Å². The molecule has 22 heavy (non-hydrogen) atoms. The number of amides is 1. The van der Waals surface area contributed by atoms with Crippen LogP contribution in [0.25, 0.3) is 0 Å². The molecule has 0 radical (unpaired) electrons. The molecule has 0 aromatic carbocycles. The van der Waals surface area contributed by atoms with Crippen LogP contribution < -0.4 is 5.32 Å². The van der Waals surface area contributed by atoms with Crippen LogP contribution in [0, 0.1) is 11.8 Å². The first kappa shape index (κ1) is 20.5. The van der Waals surface area contributed by atoms with Crippen LogP contribution in [-0.4, -0.2) is 29.7 Å². The van der Waals surface area contributed by atoms with E-state index in [1.807, 2.05) is 13.8 Å². The molecule has 0 aliphatic rings. The monoisotopic (exact) mass is 323 g/mol. The summed E-state index contributed by atoms with van der Waals surface area (Å²) >= 11 is 0. The van der Waals surface area contributed by atoms with Crippen molar-refractivity contribution in [2.45, 2.75) is 58.9 Å². The zero-order valence-electron chi connectivity index (χ0n) is 13.6. The Morgan fingerprint density at radius 3 is 2.05 bits per heavy atom. The summed E-state index contributed by atoms with van der Waals surface area (Å²) in [7, 11) is 0. The maximum Gasteiger partial charge on any atom is 0.471 e. The quantitative estimate of drug-likeness (QED) is 0.603. The van der Waals surface area contributed by atoms with Crippen molar-refractivity contribution >= 4 is 11.9 Å². The lowest BCUT2D eigenvalue weighted by Gasteiger charge is -2.29. The molecule has 0 bridgehead atoms. The number of hydrogen-bond acceptors (Lipinski definition) is 3. The van der Waals surface area contributed by atoms with Crippen molar-refractivity contribution in [1.82, 2.24) is 5.32 Å². The molecule has 128 valence electrons. The fourth-order valence-corrected chi connectivity index (χ4v) is 1.84. The van der Waals surface area contributed by atoms with E-state index in [9.17, 15) is 22.8 Å². The Morgan fingerprint density at radius 1 is 1.23 bits per heavy atom. The van der Waals surface area contributed by atoms with E-state index in [4.69, 9.17) is 4.74 Å². The maximum absolute atomic E-state index is 12.5. The minimum Gasteiger partial charge on any atom is -0.458 e. The Kier molecular flexibility index (Phi) is 7.12. The standard InChI is InChI=1S/C15H24F3NO3/c1-7-10(8-9(2)3)11(12(20)22-14(4,5)6)19-13(21)15(16,17)18/h7,9-11H,1,8H2,2-6H3,(H,19,21)/t10-,11+/m0/s1. The van der Waals surface area contributed by atoms with Gasteiger partial charge in [-0.25, -0.2) is 4.79 Å². The summed E-state index contributed by atoms with van der Waals surface area (Å²) in [5.74, 6) is -3.62. The average molecular weight is 323 g/mol. The number of nitrogens with one attached hydrogen (secondary N) is 1. The number of carbonyl (C=O) groups is 2. The van der Waals surface area contributed by atoms with Gasteiger partial charge in [0.25, 0.3) is 0 Å². The van der Waals surface area contributed by atoms with Gasteiger partial charge < -0.3 is 10.1 Å². The lowest BCUT2D eigenvalue weighted by atomic mass is 9.90. The molecule has 4 nitrogen and oxygen atoms in total. The zero-order valence-corrected chi connectivity index (χ0v) is 13.6. The largest absolute Gasteiger partial charge is 0.471 e. The van der Waals surface area contributed by atoms with Gasteiger partial charge in [-0.1, -0.05) is 19.9 Å². The van der Waals surface area contributed by atoms with E-state index in [0.717, 1.165) is 0 Å². The third kappa shape index (κ3) is 7.47. The van der Waals surface area contributed by atoms with Crippen LogP contribution in [0.5, 0.6) is 0 Å². The van der Waals surface area contributed by atoms with Crippen molar-refractivity contribution in [3.8, 4) is 0 Å². The Hall–Kier alpha value is -1.53. The van der Waals surface area contributed by atoms with Crippen molar-refractivity contribution in [2.24, 2.45) is 11.8 Å². The number of alkyl halides is 3. The summed E-state index contributed by atoms with van der Waals surface area (Å²) in [6.07, 6.45) is -3.30. The minimum absolute atomic E-state index is 0.107. The Balaban J connectivity index is 5.33. The first-order chi connectivity index (χ1) is 9.77. The highest BCUT2D eigenvalue weighted by molar-refractivity contribution is 5.88. The minimum atomic E-state index is -5.07. The van der Waals surface area contributed by atoms with Crippen molar-refractivity contribution in [3.05, 3.63) is 12.7 Å². The molecule has 1 amide bonds. The third-order valence-electron chi connectivity index (χ3n) is 2.68. The van der Waals surface area contributed by atoms with Crippen LogP contribution >= 0.6 is 0 Å². The molecule has 2 atom stereocenters. The summed E-state index contributed by atoms with van der Waals surface area (Å²) in [4.78, 5) is 23.3. The molecule has 0 saturated heterocycles. The summed E-state index contributed by atoms with van der Waals surface area (Å²) in [5, 5.41) is 1.73. The van der Waals surface area contributed by atoms with Crippen LogP contribution in [-0.2, 0) is 14.3 Å². The smallest absolute Gasteiger partial charge is 0.458 e. The van der Waals surface area contributed by atoms with E-state index in [1.54, 1.807) is 26.1 Å². The molecule has 0 rings (SSSR count). The Bertz CT molecular complexity index is 411. The summed E-state index contributed by atoms with van der Waals surface area (Å²) < 4.78 is 42.5. The molecule has 0 unspecified atom stereocenters. The van der Waals surface area contributed by atoms with Gasteiger partial charge >= 0.3 is 18.1 Å². The number of ether oxygens (including phenoxy) is 1. The molecular weight excluding hydrogens is 299 g/mol. The van der Waals surface area contributed by atoms with E-state index in [1.165, 1.54) is 6.08 Å². The summed E-state index contributed by atoms with van der Waals surface area (Å²) in [5.41, 5.74) is -0.873. The second-order valence-corrected chi connectivity index (χ2v) is 6.51. The number of halogens is 3. The van der Waals surface area contributed by atoms with Gasteiger partial charge in [-0.05, 0) is 33.1 Å². The van der Waals surface area contributed by atoms with E-state index in [0.29, 0.717) is 6.42 Å². The van der Waals surface area contributed by atoms with Crippen LogP contribution in [0.1, 0.15) is 41.0 Å². The molecule has 0 aliphatic heterocycles. The molecule has 0 aromatic heterocycles. The van der Waals surface area contributed by atoms with Gasteiger partial charge in [0, 0.05) is 5.92 Å². The predicted molar refractivity (Wildman–Crippen MR) is 77.0 cm³/mol. The highest BCUT2D eigenvalue weighted by atomic mass is 19.4. The van der Waals surface area contributed by atoms with Gasteiger partial charge in [-0.3, -0.25) is 4.79 Å². The second-order valence-electron chi connectivity index (χ2n) is 6.51. The number of esters is 1. The lowest BCUT2D eigenvalue weighted by molar-refractivity contribution is -0.177. The van der Waals surface area contributed by atoms with Gasteiger partial charge in [-0.2, -0.15) is 13.2 Å². The van der Waals surface area contributed by atoms with Crippen LogP contribution in [0.15, 0.2) is 12.7 Å². The molecule has 0 spiro atoms. The van der Waals surface area contributed by atoms with E-state index in [-0.39, 0.29) is 5.92 Å². The second kappa shape index (κ2) is 7.65. The number of rotatable bonds is 6. The SMILES string of the molecule is C=C[C@@H](CC(C)C)[C@@H](NC(=O)C(F)(F)F)C(=O)OC(C)(C)C. The molecule has 0 aromatic rings. The van der Waals surface area contributed by atoms with Gasteiger partial charge in [0.2, 0.25) is 0 Å². The van der Waals surface area contributed by atoms with E-state index < -0.39 is 35.6 Å². The fourth-order valence-electron chi connectivity index (χ4n) is 1.84. The normalized spacial score (nSPS) is 15.1.